The third kappa shape index (κ3) is 5.16. The maximum absolute atomic E-state index is 12.6. The summed E-state index contributed by atoms with van der Waals surface area (Å²) in [6, 6.07) is 16.2. The number of carbonyl (C=O) groups is 1. The summed E-state index contributed by atoms with van der Waals surface area (Å²) in [5, 5.41) is 22.2. The Morgan fingerprint density at radius 3 is 2.53 bits per heavy atom. The molecule has 1 aliphatic heterocycles. The van der Waals surface area contributed by atoms with Crippen molar-refractivity contribution in [1.29, 1.82) is 5.26 Å². The smallest absolute Gasteiger partial charge is 0.407 e. The van der Waals surface area contributed by atoms with Gasteiger partial charge in [-0.05, 0) is 31.0 Å². The minimum Gasteiger partial charge on any atom is -0.465 e. The van der Waals surface area contributed by atoms with Gasteiger partial charge >= 0.3 is 6.09 Å². The first-order valence-electron chi connectivity index (χ1n) is 9.46. The van der Waals surface area contributed by atoms with Crippen LogP contribution in [0.5, 0.6) is 0 Å². The van der Waals surface area contributed by atoms with Gasteiger partial charge in [0.2, 0.25) is 0 Å². The molecule has 2 N–H and O–H groups in total. The van der Waals surface area contributed by atoms with Crippen LogP contribution in [0.1, 0.15) is 17.5 Å². The number of rotatable bonds is 7. The fourth-order valence-electron chi connectivity index (χ4n) is 3.46. The van der Waals surface area contributed by atoms with E-state index in [4.69, 9.17) is 4.18 Å². The molecule has 0 aliphatic carbocycles. The molecule has 2 aromatic carbocycles. The molecular formula is C21H23N3O5S. The topological polar surface area (TPSA) is 120 Å². The number of nitrogens with zero attached hydrogens (tertiary/aromatic N) is 2. The quantitative estimate of drug-likeness (QED) is 0.649. The SMILES string of the molecule is Cc1ccc(S(=O)(=O)O[C@H]2C[C@H](C(C#N)NCc3ccccc3)N(C(=O)O)C2)cc1. The summed E-state index contributed by atoms with van der Waals surface area (Å²) in [6.45, 7) is 2.10. The van der Waals surface area contributed by atoms with Crippen LogP contribution in [-0.4, -0.2) is 49.2 Å². The van der Waals surface area contributed by atoms with E-state index < -0.39 is 34.4 Å². The van der Waals surface area contributed by atoms with Gasteiger partial charge in [0, 0.05) is 6.54 Å². The minimum absolute atomic E-state index is 0.0115. The average molecular weight is 429 g/mol. The zero-order chi connectivity index (χ0) is 21.7. The normalized spacial score (nSPS) is 19.9. The molecule has 1 saturated heterocycles. The number of hydrogen-bond acceptors (Lipinski definition) is 6. The van der Waals surface area contributed by atoms with E-state index in [1.54, 1.807) is 12.1 Å². The van der Waals surface area contributed by atoms with Crippen LogP contribution in [0.25, 0.3) is 0 Å². The van der Waals surface area contributed by atoms with Gasteiger partial charge < -0.3 is 5.11 Å². The van der Waals surface area contributed by atoms with Crippen LogP contribution >= 0.6 is 0 Å². The fraction of sp³-hybridized carbons (Fsp3) is 0.333. The van der Waals surface area contributed by atoms with Crippen molar-refractivity contribution < 1.29 is 22.5 Å². The average Bonchev–Trinajstić information content (AvgIpc) is 3.13. The van der Waals surface area contributed by atoms with Crippen LogP contribution in [0.4, 0.5) is 4.79 Å². The Labute approximate surface area is 175 Å². The van der Waals surface area contributed by atoms with Crippen LogP contribution in [0.3, 0.4) is 0 Å². The molecule has 0 radical (unpaired) electrons. The Kier molecular flexibility index (Phi) is 6.72. The molecule has 1 fully saturated rings. The Morgan fingerprint density at radius 2 is 1.93 bits per heavy atom. The van der Waals surface area contributed by atoms with Gasteiger partial charge in [-0.15, -0.1) is 0 Å². The molecule has 1 amide bonds. The maximum atomic E-state index is 12.6. The third-order valence-corrected chi connectivity index (χ3v) is 6.39. The number of amides is 1. The van der Waals surface area contributed by atoms with Crippen molar-refractivity contribution in [2.24, 2.45) is 0 Å². The van der Waals surface area contributed by atoms with Gasteiger partial charge in [-0.1, -0.05) is 48.0 Å². The van der Waals surface area contributed by atoms with Crippen molar-refractivity contribution in [3.05, 3.63) is 65.7 Å². The first kappa shape index (κ1) is 21.8. The number of nitriles is 1. The molecule has 9 heteroatoms. The summed E-state index contributed by atoms with van der Waals surface area (Å²) in [5.41, 5.74) is 1.86. The highest BCUT2D eigenvalue weighted by atomic mass is 32.2. The largest absolute Gasteiger partial charge is 0.465 e. The van der Waals surface area contributed by atoms with Crippen molar-refractivity contribution in [3.8, 4) is 6.07 Å². The van der Waals surface area contributed by atoms with E-state index in [1.165, 1.54) is 12.1 Å². The lowest BCUT2D eigenvalue weighted by Crippen LogP contribution is -2.47. The Balaban J connectivity index is 1.71. The predicted molar refractivity (Wildman–Crippen MR) is 109 cm³/mol. The van der Waals surface area contributed by atoms with E-state index in [1.807, 2.05) is 37.3 Å². The Hall–Kier alpha value is -2.93. The molecule has 1 heterocycles. The Morgan fingerprint density at radius 1 is 1.27 bits per heavy atom. The van der Waals surface area contributed by atoms with Crippen LogP contribution in [0.15, 0.2) is 59.5 Å². The molecule has 8 nitrogen and oxygen atoms in total. The highest BCUT2D eigenvalue weighted by Gasteiger charge is 2.42. The number of hydrogen-bond donors (Lipinski definition) is 2. The monoisotopic (exact) mass is 429 g/mol. The minimum atomic E-state index is -4.04. The van der Waals surface area contributed by atoms with E-state index in [2.05, 4.69) is 11.4 Å². The highest BCUT2D eigenvalue weighted by molar-refractivity contribution is 7.86. The van der Waals surface area contributed by atoms with Gasteiger partial charge in [0.1, 0.15) is 6.04 Å². The molecule has 1 aliphatic rings. The molecule has 0 spiro atoms. The van der Waals surface area contributed by atoms with Crippen LogP contribution in [-0.2, 0) is 20.8 Å². The van der Waals surface area contributed by atoms with Gasteiger partial charge in [-0.25, -0.2) is 4.79 Å². The van der Waals surface area contributed by atoms with Crippen LogP contribution < -0.4 is 5.32 Å². The van der Waals surface area contributed by atoms with E-state index in [0.29, 0.717) is 6.54 Å². The summed E-state index contributed by atoms with van der Waals surface area (Å²) in [5.74, 6) is 0. The highest BCUT2D eigenvalue weighted by Crippen LogP contribution is 2.26. The third-order valence-electron chi connectivity index (χ3n) is 5.02. The van der Waals surface area contributed by atoms with E-state index >= 15 is 0 Å². The standard InChI is InChI=1S/C21H23N3O5S/c1-15-7-9-18(10-8-15)30(27,28)29-17-11-20(24(14-17)21(25)26)19(12-22)23-13-16-5-3-2-4-6-16/h2-10,17,19-20,23H,11,13-14H2,1H3,(H,25,26)/t17-,19?,20+/m0/s1. The molecule has 3 atom stereocenters. The molecule has 0 saturated carbocycles. The second-order valence-corrected chi connectivity index (χ2v) is 8.77. The van der Waals surface area contributed by atoms with Gasteiger partial charge in [0.25, 0.3) is 10.1 Å². The van der Waals surface area contributed by atoms with E-state index in [9.17, 15) is 23.6 Å². The lowest BCUT2D eigenvalue weighted by molar-refractivity contribution is 0.130. The fourth-order valence-corrected chi connectivity index (χ4v) is 4.54. The van der Waals surface area contributed by atoms with Gasteiger partial charge in [0.15, 0.2) is 0 Å². The number of likely N-dealkylation sites (tertiary alicyclic amines) is 1. The van der Waals surface area contributed by atoms with Crippen LogP contribution in [0, 0.1) is 18.3 Å². The maximum Gasteiger partial charge on any atom is 0.407 e. The predicted octanol–water partition coefficient (Wildman–Crippen LogP) is 2.50. The lowest BCUT2D eigenvalue weighted by atomic mass is 10.1. The van der Waals surface area contributed by atoms with E-state index in [-0.39, 0.29) is 17.9 Å². The zero-order valence-electron chi connectivity index (χ0n) is 16.4. The summed E-state index contributed by atoms with van der Waals surface area (Å²) in [7, 11) is -4.04. The first-order chi connectivity index (χ1) is 14.3. The van der Waals surface area contributed by atoms with Gasteiger partial charge in [-0.2, -0.15) is 13.7 Å². The zero-order valence-corrected chi connectivity index (χ0v) is 17.2. The van der Waals surface area contributed by atoms with Crippen molar-refractivity contribution in [3.63, 3.8) is 0 Å². The molecule has 0 aromatic heterocycles. The molecule has 3 rings (SSSR count). The summed E-state index contributed by atoms with van der Waals surface area (Å²) >= 11 is 0. The van der Waals surface area contributed by atoms with Crippen LogP contribution in [0.2, 0.25) is 0 Å². The van der Waals surface area contributed by atoms with Crippen molar-refractivity contribution >= 4 is 16.2 Å². The second kappa shape index (κ2) is 9.26. The molecule has 2 aromatic rings. The molecule has 30 heavy (non-hydrogen) atoms. The van der Waals surface area contributed by atoms with Crippen molar-refractivity contribution in [2.75, 3.05) is 6.54 Å². The summed E-state index contributed by atoms with van der Waals surface area (Å²) in [4.78, 5) is 12.8. The number of aryl methyl sites for hydroxylation is 1. The summed E-state index contributed by atoms with van der Waals surface area (Å²) in [6.07, 6.45) is -2.00. The lowest BCUT2D eigenvalue weighted by Gasteiger charge is -2.25. The first-order valence-corrected chi connectivity index (χ1v) is 10.9. The molecular weight excluding hydrogens is 406 g/mol. The molecule has 158 valence electrons. The van der Waals surface area contributed by atoms with E-state index in [0.717, 1.165) is 16.0 Å². The van der Waals surface area contributed by atoms with Gasteiger partial charge in [-0.3, -0.25) is 14.4 Å². The summed E-state index contributed by atoms with van der Waals surface area (Å²) < 4.78 is 30.5. The number of carboxylic acid groups (broad SMARTS) is 1. The Bertz CT molecular complexity index is 1020. The number of nitrogens with one attached hydrogen (secondary N) is 1. The second-order valence-electron chi connectivity index (χ2n) is 7.20. The molecule has 0 bridgehead atoms. The molecule has 1 unspecified atom stereocenters. The number of benzene rings is 2. The van der Waals surface area contributed by atoms with Crippen molar-refractivity contribution in [1.82, 2.24) is 10.2 Å². The van der Waals surface area contributed by atoms with Crippen molar-refractivity contribution in [2.45, 2.75) is 43.0 Å². The van der Waals surface area contributed by atoms with Gasteiger partial charge in [0.05, 0.1) is 29.7 Å².